The van der Waals surface area contributed by atoms with Crippen molar-refractivity contribution in [2.24, 2.45) is 5.92 Å². The number of benzene rings is 1. The fourth-order valence-corrected chi connectivity index (χ4v) is 3.97. The number of hydrogen-bond donors (Lipinski definition) is 1. The highest BCUT2D eigenvalue weighted by atomic mass is 19.1. The first-order valence-electron chi connectivity index (χ1n) is 9.17. The van der Waals surface area contributed by atoms with E-state index in [1.54, 1.807) is 4.90 Å². The molecule has 4 nitrogen and oxygen atoms in total. The van der Waals surface area contributed by atoms with Crippen molar-refractivity contribution >= 4 is 5.91 Å². The van der Waals surface area contributed by atoms with E-state index < -0.39 is 17.5 Å². The molecule has 1 saturated heterocycles. The minimum atomic E-state index is -0.820. The lowest BCUT2D eigenvalue weighted by Crippen LogP contribution is -2.50. The van der Waals surface area contributed by atoms with E-state index in [-0.39, 0.29) is 11.7 Å². The van der Waals surface area contributed by atoms with Crippen molar-refractivity contribution in [3.05, 3.63) is 35.4 Å². The van der Waals surface area contributed by atoms with E-state index in [0.29, 0.717) is 38.6 Å². The van der Waals surface area contributed by atoms with Gasteiger partial charge in [0, 0.05) is 38.8 Å². The lowest BCUT2D eigenvalue weighted by molar-refractivity contribution is 0.0479. The summed E-state index contributed by atoms with van der Waals surface area (Å²) in [4.78, 5) is 16.1. The van der Waals surface area contributed by atoms with Crippen LogP contribution in [0.3, 0.4) is 0 Å². The van der Waals surface area contributed by atoms with Crippen LogP contribution in [0, 0.1) is 17.6 Å². The van der Waals surface area contributed by atoms with Gasteiger partial charge in [-0.25, -0.2) is 8.78 Å². The van der Waals surface area contributed by atoms with Crippen LogP contribution < -0.4 is 0 Å². The highest BCUT2D eigenvalue weighted by Crippen LogP contribution is 2.28. The summed E-state index contributed by atoms with van der Waals surface area (Å²) < 4.78 is 26.7. The standard InChI is InChI=1S/C19H26F2N2O2/c20-15-5-6-17(18(21)12-15)19(25)23-9-7-22(8-10-23)13-16(24)11-14-3-1-2-4-14/h5-6,12,14,16,24H,1-4,7-11,13H2. The summed E-state index contributed by atoms with van der Waals surface area (Å²) in [5.74, 6) is -1.25. The van der Waals surface area contributed by atoms with Gasteiger partial charge in [0.15, 0.2) is 0 Å². The third kappa shape index (κ3) is 4.76. The molecule has 6 heteroatoms. The third-order valence-corrected chi connectivity index (χ3v) is 5.37. The van der Waals surface area contributed by atoms with Gasteiger partial charge >= 0.3 is 0 Å². The van der Waals surface area contributed by atoms with Gasteiger partial charge in [0.2, 0.25) is 0 Å². The van der Waals surface area contributed by atoms with Crippen molar-refractivity contribution in [2.75, 3.05) is 32.7 Å². The number of rotatable bonds is 5. The molecular formula is C19H26F2N2O2. The second kappa shape index (κ2) is 8.23. The van der Waals surface area contributed by atoms with Gasteiger partial charge < -0.3 is 10.0 Å². The number of carbonyl (C=O) groups is 1. The van der Waals surface area contributed by atoms with Crippen LogP contribution in [-0.2, 0) is 0 Å². The fraction of sp³-hybridized carbons (Fsp3) is 0.632. The van der Waals surface area contributed by atoms with Crippen LogP contribution in [0.4, 0.5) is 8.78 Å². The molecular weight excluding hydrogens is 326 g/mol. The Morgan fingerprint density at radius 1 is 1.16 bits per heavy atom. The Bertz CT molecular complexity index is 597. The van der Waals surface area contributed by atoms with Gasteiger partial charge in [-0.3, -0.25) is 9.69 Å². The Hall–Kier alpha value is -1.53. The number of halogens is 2. The smallest absolute Gasteiger partial charge is 0.256 e. The number of β-amino-alcohol motifs (C(OH)–C–C–N with tert-alkyl or cyclic N) is 1. The van der Waals surface area contributed by atoms with Crippen LogP contribution in [0.5, 0.6) is 0 Å². The predicted octanol–water partition coefficient (Wildman–Crippen LogP) is 2.66. The summed E-state index contributed by atoms with van der Waals surface area (Å²) in [6, 6.07) is 3.04. The van der Waals surface area contributed by atoms with Crippen molar-refractivity contribution in [3.8, 4) is 0 Å². The lowest BCUT2D eigenvalue weighted by Gasteiger charge is -2.36. The number of nitrogens with zero attached hydrogens (tertiary/aromatic N) is 2. The quantitative estimate of drug-likeness (QED) is 0.886. The Morgan fingerprint density at radius 2 is 1.84 bits per heavy atom. The highest BCUT2D eigenvalue weighted by molar-refractivity contribution is 5.94. The number of piperazine rings is 1. The number of hydrogen-bond acceptors (Lipinski definition) is 3. The van der Waals surface area contributed by atoms with Crippen LogP contribution in [0.25, 0.3) is 0 Å². The van der Waals surface area contributed by atoms with Crippen molar-refractivity contribution < 1.29 is 18.7 Å². The average molecular weight is 352 g/mol. The Balaban J connectivity index is 1.47. The van der Waals surface area contributed by atoms with Crippen LogP contribution in [-0.4, -0.2) is 59.6 Å². The maximum atomic E-state index is 13.8. The first kappa shape index (κ1) is 18.3. The number of carbonyl (C=O) groups excluding carboxylic acids is 1. The molecule has 0 bridgehead atoms. The average Bonchev–Trinajstić information content (AvgIpc) is 3.08. The monoisotopic (exact) mass is 352 g/mol. The molecule has 1 aromatic rings. The fourth-order valence-electron chi connectivity index (χ4n) is 3.97. The van der Waals surface area contributed by atoms with Crippen LogP contribution in [0.1, 0.15) is 42.5 Å². The van der Waals surface area contributed by atoms with Gasteiger partial charge in [-0.1, -0.05) is 25.7 Å². The minimum absolute atomic E-state index is 0.0869. The van der Waals surface area contributed by atoms with E-state index in [1.165, 1.54) is 31.7 Å². The summed E-state index contributed by atoms with van der Waals surface area (Å²) >= 11 is 0. The lowest BCUT2D eigenvalue weighted by atomic mass is 9.99. The Labute approximate surface area is 147 Å². The van der Waals surface area contributed by atoms with Gasteiger partial charge in [0.25, 0.3) is 5.91 Å². The second-order valence-electron chi connectivity index (χ2n) is 7.26. The first-order chi connectivity index (χ1) is 12.0. The maximum Gasteiger partial charge on any atom is 0.256 e. The topological polar surface area (TPSA) is 43.8 Å². The van der Waals surface area contributed by atoms with Gasteiger partial charge in [-0.15, -0.1) is 0 Å². The van der Waals surface area contributed by atoms with E-state index in [4.69, 9.17) is 0 Å². The summed E-state index contributed by atoms with van der Waals surface area (Å²) in [5.41, 5.74) is -0.0869. The molecule has 0 spiro atoms. The van der Waals surface area contributed by atoms with Crippen LogP contribution >= 0.6 is 0 Å². The van der Waals surface area contributed by atoms with E-state index in [9.17, 15) is 18.7 Å². The molecule has 3 rings (SSSR count). The van der Waals surface area contributed by atoms with Crippen molar-refractivity contribution in [1.29, 1.82) is 0 Å². The Kier molecular flexibility index (Phi) is 6.02. The van der Waals surface area contributed by atoms with Crippen LogP contribution in [0.15, 0.2) is 18.2 Å². The molecule has 1 saturated carbocycles. The highest BCUT2D eigenvalue weighted by Gasteiger charge is 2.26. The van der Waals surface area contributed by atoms with E-state index in [1.807, 2.05) is 0 Å². The SMILES string of the molecule is O=C(c1ccc(F)cc1F)N1CCN(CC(O)CC2CCCC2)CC1. The van der Waals surface area contributed by atoms with E-state index in [0.717, 1.165) is 18.6 Å². The molecule has 1 heterocycles. The summed E-state index contributed by atoms with van der Waals surface area (Å²) in [6.07, 6.45) is 5.54. The van der Waals surface area contributed by atoms with E-state index in [2.05, 4.69) is 4.90 Å². The van der Waals surface area contributed by atoms with Gasteiger partial charge in [0.1, 0.15) is 11.6 Å². The zero-order chi connectivity index (χ0) is 17.8. The second-order valence-corrected chi connectivity index (χ2v) is 7.26. The zero-order valence-electron chi connectivity index (χ0n) is 14.5. The molecule has 1 unspecified atom stereocenters. The molecule has 25 heavy (non-hydrogen) atoms. The summed E-state index contributed by atoms with van der Waals surface area (Å²) in [6.45, 7) is 2.94. The molecule has 1 aromatic carbocycles. The predicted molar refractivity (Wildman–Crippen MR) is 91.3 cm³/mol. The third-order valence-electron chi connectivity index (χ3n) is 5.37. The zero-order valence-corrected chi connectivity index (χ0v) is 14.5. The van der Waals surface area contributed by atoms with E-state index >= 15 is 0 Å². The van der Waals surface area contributed by atoms with Gasteiger partial charge in [-0.2, -0.15) is 0 Å². The molecule has 0 radical (unpaired) electrons. The number of amides is 1. The largest absolute Gasteiger partial charge is 0.392 e. The number of aliphatic hydroxyl groups excluding tert-OH is 1. The maximum absolute atomic E-state index is 13.8. The molecule has 2 aliphatic rings. The molecule has 0 aromatic heterocycles. The van der Waals surface area contributed by atoms with Crippen LogP contribution in [0.2, 0.25) is 0 Å². The van der Waals surface area contributed by atoms with Crippen molar-refractivity contribution in [1.82, 2.24) is 9.80 Å². The minimum Gasteiger partial charge on any atom is -0.392 e. The molecule has 1 N–H and O–H groups in total. The van der Waals surface area contributed by atoms with Crippen molar-refractivity contribution in [2.45, 2.75) is 38.2 Å². The summed E-state index contributed by atoms with van der Waals surface area (Å²) in [7, 11) is 0. The van der Waals surface area contributed by atoms with Gasteiger partial charge in [0.05, 0.1) is 11.7 Å². The molecule has 1 aliphatic carbocycles. The van der Waals surface area contributed by atoms with Gasteiger partial charge in [-0.05, 0) is 24.5 Å². The molecule has 1 amide bonds. The Morgan fingerprint density at radius 3 is 2.48 bits per heavy atom. The molecule has 1 aliphatic heterocycles. The normalized spacial score (nSPS) is 20.8. The van der Waals surface area contributed by atoms with Crippen molar-refractivity contribution in [3.63, 3.8) is 0 Å². The number of aliphatic hydroxyl groups is 1. The summed E-state index contributed by atoms with van der Waals surface area (Å²) in [5, 5.41) is 10.3. The molecule has 138 valence electrons. The first-order valence-corrected chi connectivity index (χ1v) is 9.17. The molecule has 2 fully saturated rings. The molecule has 1 atom stereocenters.